The van der Waals surface area contributed by atoms with Crippen molar-refractivity contribution in [3.05, 3.63) is 53.5 Å². The maximum absolute atomic E-state index is 12.1. The maximum atomic E-state index is 12.1. The number of carbonyl (C=O) groups is 1. The molecule has 112 valence electrons. The summed E-state index contributed by atoms with van der Waals surface area (Å²) < 4.78 is 11.0. The number of aryl methyl sites for hydroxylation is 2. The fourth-order valence-electron chi connectivity index (χ4n) is 1.97. The smallest absolute Gasteiger partial charge is 0.261 e. The van der Waals surface area contributed by atoms with E-state index in [2.05, 4.69) is 5.32 Å². The minimum Gasteiger partial charge on any atom is -0.481 e. The summed E-state index contributed by atoms with van der Waals surface area (Å²) in [5.41, 5.74) is 2.36. The van der Waals surface area contributed by atoms with Crippen LogP contribution in [0.3, 0.4) is 0 Å². The summed E-state index contributed by atoms with van der Waals surface area (Å²) in [6.45, 7) is 6.38. The monoisotopic (exact) mass is 287 g/mol. The second-order valence-electron chi connectivity index (χ2n) is 5.06. The Balaban J connectivity index is 1.95. The Hall–Kier alpha value is -2.23. The van der Waals surface area contributed by atoms with Gasteiger partial charge in [0, 0.05) is 0 Å². The Kier molecular flexibility index (Phi) is 5.04. The molecule has 0 aliphatic heterocycles. The molecule has 0 aliphatic carbocycles. The lowest BCUT2D eigenvalue weighted by atomic mass is 10.1. The van der Waals surface area contributed by atoms with E-state index in [-0.39, 0.29) is 5.91 Å². The molecule has 0 radical (unpaired) electrons. The summed E-state index contributed by atoms with van der Waals surface area (Å²) in [5.74, 6) is 1.31. The van der Waals surface area contributed by atoms with Gasteiger partial charge >= 0.3 is 0 Å². The van der Waals surface area contributed by atoms with Crippen LogP contribution in [0.25, 0.3) is 0 Å². The van der Waals surface area contributed by atoms with Gasteiger partial charge in [-0.15, -0.1) is 0 Å². The summed E-state index contributed by atoms with van der Waals surface area (Å²) in [6.07, 6.45) is 1.70. The predicted octanol–water partition coefficient (Wildman–Crippen LogP) is 3.37. The van der Waals surface area contributed by atoms with Crippen LogP contribution >= 0.6 is 0 Å². The van der Waals surface area contributed by atoms with Crippen LogP contribution < -0.4 is 10.1 Å². The zero-order valence-electron chi connectivity index (χ0n) is 12.7. The van der Waals surface area contributed by atoms with Crippen molar-refractivity contribution < 1.29 is 13.9 Å². The van der Waals surface area contributed by atoms with Crippen LogP contribution in [0, 0.1) is 13.8 Å². The first-order valence-electron chi connectivity index (χ1n) is 7.14. The molecule has 2 aromatic rings. The van der Waals surface area contributed by atoms with Crippen LogP contribution in [-0.4, -0.2) is 12.0 Å². The molecule has 4 heteroatoms. The summed E-state index contributed by atoms with van der Waals surface area (Å²) >= 11 is 0. The third-order valence-electron chi connectivity index (χ3n) is 3.44. The molecule has 2 rings (SSSR count). The van der Waals surface area contributed by atoms with Crippen molar-refractivity contribution in [2.45, 2.75) is 39.8 Å². The summed E-state index contributed by atoms with van der Waals surface area (Å²) in [7, 11) is 0. The highest BCUT2D eigenvalue weighted by Gasteiger charge is 2.18. The molecule has 1 amide bonds. The number of amides is 1. The van der Waals surface area contributed by atoms with E-state index < -0.39 is 6.10 Å². The number of ether oxygens (including phenoxy) is 1. The molecule has 1 N–H and O–H groups in total. The Morgan fingerprint density at radius 1 is 1.29 bits per heavy atom. The van der Waals surface area contributed by atoms with Crippen molar-refractivity contribution in [3.8, 4) is 5.75 Å². The highest BCUT2D eigenvalue weighted by atomic mass is 16.5. The Bertz CT molecular complexity index is 590. The van der Waals surface area contributed by atoms with Gasteiger partial charge in [-0.3, -0.25) is 4.79 Å². The van der Waals surface area contributed by atoms with Gasteiger partial charge in [0.2, 0.25) is 0 Å². The quantitative estimate of drug-likeness (QED) is 0.886. The van der Waals surface area contributed by atoms with Gasteiger partial charge < -0.3 is 14.5 Å². The van der Waals surface area contributed by atoms with Crippen LogP contribution in [0.4, 0.5) is 0 Å². The zero-order valence-corrected chi connectivity index (χ0v) is 12.7. The van der Waals surface area contributed by atoms with E-state index >= 15 is 0 Å². The van der Waals surface area contributed by atoms with Crippen molar-refractivity contribution in [1.82, 2.24) is 5.32 Å². The lowest BCUT2D eigenvalue weighted by Gasteiger charge is -2.17. The average molecular weight is 287 g/mol. The van der Waals surface area contributed by atoms with Gasteiger partial charge in [-0.25, -0.2) is 0 Å². The number of carbonyl (C=O) groups excluding carboxylic acids is 1. The lowest BCUT2D eigenvalue weighted by Crippen LogP contribution is -2.37. The highest BCUT2D eigenvalue weighted by molar-refractivity contribution is 5.81. The third kappa shape index (κ3) is 4.12. The van der Waals surface area contributed by atoms with Gasteiger partial charge in [-0.1, -0.05) is 13.0 Å². The summed E-state index contributed by atoms with van der Waals surface area (Å²) in [5, 5.41) is 2.82. The van der Waals surface area contributed by atoms with Gasteiger partial charge in [0.05, 0.1) is 12.8 Å². The van der Waals surface area contributed by atoms with Gasteiger partial charge in [0.25, 0.3) is 5.91 Å². The molecule has 1 aromatic carbocycles. The van der Waals surface area contributed by atoms with Gasteiger partial charge in [-0.2, -0.15) is 0 Å². The standard InChI is InChI=1S/C17H21NO3/c1-4-16(17(19)18-11-15-6-5-9-20-15)21-14-8-7-12(2)13(3)10-14/h5-10,16H,4,11H2,1-3H3,(H,18,19)/t16-/m0/s1. The molecule has 4 nitrogen and oxygen atoms in total. The van der Waals surface area contributed by atoms with Crippen LogP contribution in [0.15, 0.2) is 41.0 Å². The SMILES string of the molecule is CC[C@H](Oc1ccc(C)c(C)c1)C(=O)NCc1ccco1. The molecule has 0 saturated carbocycles. The second-order valence-corrected chi connectivity index (χ2v) is 5.06. The molecule has 0 spiro atoms. The normalized spacial score (nSPS) is 12.0. The number of hydrogen-bond donors (Lipinski definition) is 1. The van der Waals surface area contributed by atoms with Crippen molar-refractivity contribution in [2.24, 2.45) is 0 Å². The van der Waals surface area contributed by atoms with E-state index in [0.29, 0.717) is 13.0 Å². The predicted molar refractivity (Wildman–Crippen MR) is 81.2 cm³/mol. The van der Waals surface area contributed by atoms with E-state index in [1.807, 2.05) is 45.0 Å². The molecule has 0 fully saturated rings. The molecule has 0 unspecified atom stereocenters. The lowest BCUT2D eigenvalue weighted by molar-refractivity contribution is -0.128. The van der Waals surface area contributed by atoms with E-state index in [1.54, 1.807) is 12.3 Å². The van der Waals surface area contributed by atoms with E-state index in [0.717, 1.165) is 17.1 Å². The van der Waals surface area contributed by atoms with Crippen molar-refractivity contribution in [1.29, 1.82) is 0 Å². The molecule has 0 saturated heterocycles. The van der Waals surface area contributed by atoms with Crippen LogP contribution in [0.2, 0.25) is 0 Å². The van der Waals surface area contributed by atoms with Gasteiger partial charge in [-0.05, 0) is 55.7 Å². The Morgan fingerprint density at radius 2 is 2.10 bits per heavy atom. The minimum atomic E-state index is -0.498. The van der Waals surface area contributed by atoms with Crippen molar-refractivity contribution >= 4 is 5.91 Å². The Morgan fingerprint density at radius 3 is 2.71 bits per heavy atom. The molecular weight excluding hydrogens is 266 g/mol. The first-order chi connectivity index (χ1) is 10.1. The average Bonchev–Trinajstić information content (AvgIpc) is 2.99. The number of hydrogen-bond acceptors (Lipinski definition) is 3. The summed E-state index contributed by atoms with van der Waals surface area (Å²) in [6, 6.07) is 9.47. The first kappa shape index (κ1) is 15.2. The molecule has 1 aromatic heterocycles. The molecular formula is C17H21NO3. The zero-order chi connectivity index (χ0) is 15.2. The number of furan rings is 1. The fraction of sp³-hybridized carbons (Fsp3) is 0.353. The molecule has 0 bridgehead atoms. The molecule has 1 atom stereocenters. The van der Waals surface area contributed by atoms with Crippen LogP contribution in [-0.2, 0) is 11.3 Å². The van der Waals surface area contributed by atoms with E-state index in [1.165, 1.54) is 5.56 Å². The third-order valence-corrected chi connectivity index (χ3v) is 3.44. The fourth-order valence-corrected chi connectivity index (χ4v) is 1.97. The van der Waals surface area contributed by atoms with Crippen LogP contribution in [0.1, 0.15) is 30.2 Å². The number of nitrogens with one attached hydrogen (secondary N) is 1. The van der Waals surface area contributed by atoms with E-state index in [4.69, 9.17) is 9.15 Å². The van der Waals surface area contributed by atoms with E-state index in [9.17, 15) is 4.79 Å². The van der Waals surface area contributed by atoms with Gasteiger partial charge in [0.1, 0.15) is 11.5 Å². The Labute approximate surface area is 125 Å². The number of benzene rings is 1. The van der Waals surface area contributed by atoms with Crippen molar-refractivity contribution in [3.63, 3.8) is 0 Å². The number of rotatable bonds is 6. The highest BCUT2D eigenvalue weighted by Crippen LogP contribution is 2.18. The molecule has 21 heavy (non-hydrogen) atoms. The largest absolute Gasteiger partial charge is 0.481 e. The van der Waals surface area contributed by atoms with Crippen LogP contribution in [0.5, 0.6) is 5.75 Å². The minimum absolute atomic E-state index is 0.132. The second kappa shape index (κ2) is 6.97. The first-order valence-corrected chi connectivity index (χ1v) is 7.14. The maximum Gasteiger partial charge on any atom is 0.261 e. The van der Waals surface area contributed by atoms with Gasteiger partial charge in [0.15, 0.2) is 6.10 Å². The molecule has 0 aliphatic rings. The summed E-state index contributed by atoms with van der Waals surface area (Å²) in [4.78, 5) is 12.1. The molecule has 1 heterocycles. The van der Waals surface area contributed by atoms with Crippen molar-refractivity contribution in [2.75, 3.05) is 0 Å². The topological polar surface area (TPSA) is 51.5 Å².